The number of β-amino-alcohol motifs (C(OH)–C–C–N with tert-alkyl or cyclic N) is 1. The van der Waals surface area contributed by atoms with Gasteiger partial charge in [-0.15, -0.1) is 5.10 Å². The van der Waals surface area contributed by atoms with Crippen LogP contribution in [0.1, 0.15) is 44.5 Å². The minimum absolute atomic E-state index is 0.00485. The number of aliphatic hydroxyl groups excluding tert-OH is 1. The van der Waals surface area contributed by atoms with Crippen LogP contribution in [0.5, 0.6) is 0 Å². The minimum atomic E-state index is -0.928. The van der Waals surface area contributed by atoms with Crippen molar-refractivity contribution in [3.63, 3.8) is 0 Å². The predicted molar refractivity (Wildman–Crippen MR) is 162 cm³/mol. The van der Waals surface area contributed by atoms with E-state index in [0.717, 1.165) is 16.7 Å². The summed E-state index contributed by atoms with van der Waals surface area (Å²) in [5.41, 5.74) is 3.04. The zero-order chi connectivity index (χ0) is 31.0. The molecule has 43 heavy (non-hydrogen) atoms. The Morgan fingerprint density at radius 2 is 1.81 bits per heavy atom. The van der Waals surface area contributed by atoms with Crippen molar-refractivity contribution in [2.75, 3.05) is 26.7 Å². The zero-order valence-corrected chi connectivity index (χ0v) is 25.3. The lowest BCUT2D eigenvalue weighted by molar-refractivity contribution is -0.144. The van der Waals surface area contributed by atoms with Gasteiger partial charge in [-0.05, 0) is 35.6 Å². The first-order valence-corrected chi connectivity index (χ1v) is 14.6. The second-order valence-corrected chi connectivity index (χ2v) is 12.0. The van der Waals surface area contributed by atoms with E-state index in [2.05, 4.69) is 20.9 Å². The van der Waals surface area contributed by atoms with Gasteiger partial charge in [-0.25, -0.2) is 4.68 Å². The van der Waals surface area contributed by atoms with E-state index in [1.165, 1.54) is 9.58 Å². The molecule has 4 atom stereocenters. The summed E-state index contributed by atoms with van der Waals surface area (Å²) in [6.45, 7) is 7.19. The number of nitrogens with one attached hydrogen (secondary N) is 2. The summed E-state index contributed by atoms with van der Waals surface area (Å²) in [7, 11) is 1.84. The van der Waals surface area contributed by atoms with Gasteiger partial charge in [0, 0.05) is 19.5 Å². The number of hydrogen-bond acceptors (Lipinski definition) is 8. The van der Waals surface area contributed by atoms with Crippen molar-refractivity contribution >= 4 is 18.1 Å². The van der Waals surface area contributed by atoms with Crippen molar-refractivity contribution in [3.8, 4) is 11.1 Å². The number of amides is 2. The van der Waals surface area contributed by atoms with Crippen LogP contribution in [-0.4, -0.2) is 88.0 Å². The highest BCUT2D eigenvalue weighted by Gasteiger charge is 2.45. The van der Waals surface area contributed by atoms with E-state index in [-0.39, 0.29) is 25.5 Å². The van der Waals surface area contributed by atoms with Crippen LogP contribution in [-0.2, 0) is 32.1 Å². The van der Waals surface area contributed by atoms with E-state index in [1.807, 2.05) is 82.4 Å². The maximum Gasteiger partial charge on any atom is 0.248 e. The monoisotopic (exact) mass is 590 g/mol. The molecule has 1 unspecified atom stereocenters. The van der Waals surface area contributed by atoms with Crippen molar-refractivity contribution < 1.29 is 24.2 Å². The Balaban J connectivity index is 1.44. The van der Waals surface area contributed by atoms with Gasteiger partial charge < -0.3 is 30.2 Å². The summed E-state index contributed by atoms with van der Waals surface area (Å²) in [6.07, 6.45) is 1.89. The zero-order valence-electron chi connectivity index (χ0n) is 25.3. The molecule has 2 amide bonds. The quantitative estimate of drug-likeness (QED) is 0.203. The second-order valence-electron chi connectivity index (χ2n) is 12.0. The van der Waals surface area contributed by atoms with Gasteiger partial charge >= 0.3 is 0 Å². The second kappa shape index (κ2) is 14.5. The number of aliphatic hydroxyl groups is 1. The standard InChI is InChI=1S/C32H42N6O5/c1-32(2,3)29(38-18-26(35-36-38)21-43-15-14-33-4)31(42)37-19-27(40)17-28(37)30(41)34-25(20-39)16-22-10-12-24(13-11-22)23-8-6-5-7-9-23/h5-13,18,20,25,27-29,33,40H,14-17,19,21H2,1-4H3,(H,34,41)/t25-,27-,28+,29?/m1/s1. The highest BCUT2D eigenvalue weighted by atomic mass is 16.5. The molecule has 3 aromatic rings. The molecule has 1 aliphatic rings. The van der Waals surface area contributed by atoms with Crippen LogP contribution in [0.4, 0.5) is 0 Å². The first-order chi connectivity index (χ1) is 20.6. The molecule has 2 aromatic carbocycles. The molecule has 1 saturated heterocycles. The molecule has 230 valence electrons. The predicted octanol–water partition coefficient (Wildman–Crippen LogP) is 2.16. The van der Waals surface area contributed by atoms with Crippen molar-refractivity contribution in [1.29, 1.82) is 0 Å². The topological polar surface area (TPSA) is 139 Å². The minimum Gasteiger partial charge on any atom is -0.391 e. The SMILES string of the molecule is CNCCOCc1cn(C(C(=O)N2C[C@H](O)C[C@H]2C(=O)N[C@@H](C=O)Cc2ccc(-c3ccccc3)cc2)C(C)(C)C)nn1. The smallest absolute Gasteiger partial charge is 0.248 e. The van der Waals surface area contributed by atoms with Gasteiger partial charge in [-0.1, -0.05) is 80.6 Å². The van der Waals surface area contributed by atoms with E-state index in [0.29, 0.717) is 31.6 Å². The third kappa shape index (κ3) is 8.34. The summed E-state index contributed by atoms with van der Waals surface area (Å²) in [5, 5.41) is 24.7. The van der Waals surface area contributed by atoms with Crippen LogP contribution in [0.2, 0.25) is 0 Å². The van der Waals surface area contributed by atoms with Gasteiger partial charge in [-0.3, -0.25) is 9.59 Å². The molecule has 1 fully saturated rings. The molecule has 0 spiro atoms. The molecule has 2 heterocycles. The summed E-state index contributed by atoms with van der Waals surface area (Å²) in [6, 6.07) is 15.3. The average Bonchev–Trinajstić information content (AvgIpc) is 3.61. The number of hydrogen-bond donors (Lipinski definition) is 3. The van der Waals surface area contributed by atoms with Crippen LogP contribution in [0.15, 0.2) is 60.8 Å². The molecular weight excluding hydrogens is 548 g/mol. The summed E-state index contributed by atoms with van der Waals surface area (Å²) in [5.74, 6) is -0.830. The molecule has 1 aliphatic heterocycles. The number of carbonyl (C=O) groups is 3. The lowest BCUT2D eigenvalue weighted by Crippen LogP contribution is -2.52. The number of carbonyl (C=O) groups excluding carboxylic acids is 3. The average molecular weight is 591 g/mol. The Kier molecular flexibility index (Phi) is 10.8. The molecule has 4 rings (SSSR count). The number of likely N-dealkylation sites (N-methyl/N-ethyl adjacent to an activating group) is 1. The highest BCUT2D eigenvalue weighted by Crippen LogP contribution is 2.34. The van der Waals surface area contributed by atoms with Crippen molar-refractivity contribution in [2.45, 2.75) is 64.4 Å². The number of likely N-dealkylation sites (tertiary alicyclic amines) is 1. The summed E-state index contributed by atoms with van der Waals surface area (Å²) >= 11 is 0. The summed E-state index contributed by atoms with van der Waals surface area (Å²) < 4.78 is 7.10. The van der Waals surface area contributed by atoms with Gasteiger partial charge in [0.1, 0.15) is 24.1 Å². The lowest BCUT2D eigenvalue weighted by Gasteiger charge is -2.34. The first-order valence-electron chi connectivity index (χ1n) is 14.6. The van der Waals surface area contributed by atoms with Gasteiger partial charge in [-0.2, -0.15) is 0 Å². The van der Waals surface area contributed by atoms with Crippen molar-refractivity contribution in [2.24, 2.45) is 5.41 Å². The number of aromatic nitrogens is 3. The maximum absolute atomic E-state index is 14.0. The van der Waals surface area contributed by atoms with E-state index < -0.39 is 35.6 Å². The van der Waals surface area contributed by atoms with Gasteiger partial charge in [0.2, 0.25) is 11.8 Å². The van der Waals surface area contributed by atoms with Crippen LogP contribution < -0.4 is 10.6 Å². The van der Waals surface area contributed by atoms with Crippen LogP contribution >= 0.6 is 0 Å². The van der Waals surface area contributed by atoms with Gasteiger partial charge in [0.25, 0.3) is 0 Å². The third-order valence-electron chi connectivity index (χ3n) is 7.50. The molecule has 0 radical (unpaired) electrons. The Hall–Kier alpha value is -3.93. The summed E-state index contributed by atoms with van der Waals surface area (Å²) in [4.78, 5) is 40.8. The normalized spacial score (nSPS) is 18.3. The Labute approximate surface area is 252 Å². The third-order valence-corrected chi connectivity index (χ3v) is 7.50. The van der Waals surface area contributed by atoms with Crippen molar-refractivity contribution in [3.05, 3.63) is 72.1 Å². The fourth-order valence-corrected chi connectivity index (χ4v) is 5.33. The van der Waals surface area contributed by atoms with E-state index in [9.17, 15) is 19.5 Å². The molecule has 0 bridgehead atoms. The van der Waals surface area contributed by atoms with E-state index in [1.54, 1.807) is 6.20 Å². The van der Waals surface area contributed by atoms with E-state index in [4.69, 9.17) is 4.74 Å². The Morgan fingerprint density at radius 1 is 1.12 bits per heavy atom. The maximum atomic E-state index is 14.0. The molecule has 11 heteroatoms. The molecule has 1 aromatic heterocycles. The van der Waals surface area contributed by atoms with Gasteiger partial charge in [0.05, 0.1) is 31.6 Å². The largest absolute Gasteiger partial charge is 0.391 e. The highest BCUT2D eigenvalue weighted by molar-refractivity contribution is 5.91. The Morgan fingerprint density at radius 3 is 2.47 bits per heavy atom. The number of nitrogens with zero attached hydrogens (tertiary/aromatic N) is 4. The number of benzene rings is 2. The van der Waals surface area contributed by atoms with Crippen LogP contribution in [0.25, 0.3) is 11.1 Å². The fourth-order valence-electron chi connectivity index (χ4n) is 5.33. The van der Waals surface area contributed by atoms with Crippen molar-refractivity contribution in [1.82, 2.24) is 30.5 Å². The van der Waals surface area contributed by atoms with E-state index >= 15 is 0 Å². The molecular formula is C32H42N6O5. The lowest BCUT2D eigenvalue weighted by atomic mass is 9.85. The fraction of sp³-hybridized carbons (Fsp3) is 0.469. The Bertz CT molecular complexity index is 1350. The van der Waals surface area contributed by atoms with Crippen LogP contribution in [0, 0.1) is 5.41 Å². The van der Waals surface area contributed by atoms with Crippen LogP contribution in [0.3, 0.4) is 0 Å². The molecule has 0 aliphatic carbocycles. The van der Waals surface area contributed by atoms with Gasteiger partial charge in [0.15, 0.2) is 0 Å². The number of aldehydes is 1. The molecule has 0 saturated carbocycles. The molecule has 11 nitrogen and oxygen atoms in total. The molecule has 3 N–H and O–H groups in total. The first kappa shape index (κ1) is 32.0. The number of ether oxygens (including phenoxy) is 1. The number of rotatable bonds is 13.